The van der Waals surface area contributed by atoms with E-state index in [2.05, 4.69) is 13.8 Å². The van der Waals surface area contributed by atoms with Crippen LogP contribution in [0.15, 0.2) is 0 Å². The Labute approximate surface area is 136 Å². The molecule has 2 saturated carbocycles. The van der Waals surface area contributed by atoms with Gasteiger partial charge in [0, 0.05) is 18.3 Å². The standard InChI is InChI=1S/C20H34O2/c1-14(16(3)21)8-5-6-9-15(2)17-11-12-18-19(22)10-7-13-20(17,18)4/h14-15,17-18H,5-13H2,1-4H3/t14?,15-,17?,18?,20?/m1/s1. The zero-order chi connectivity index (χ0) is 16.3. The number of carbonyl (C=O) groups excluding carboxylic acids is 2. The zero-order valence-electron chi connectivity index (χ0n) is 15.0. The average Bonchev–Trinajstić information content (AvgIpc) is 2.81. The third kappa shape index (κ3) is 3.63. The maximum absolute atomic E-state index is 12.2. The van der Waals surface area contributed by atoms with E-state index < -0.39 is 0 Å². The van der Waals surface area contributed by atoms with Gasteiger partial charge in [-0.2, -0.15) is 0 Å². The number of fused-ring (bicyclic) bond motifs is 1. The van der Waals surface area contributed by atoms with Crippen molar-refractivity contribution in [3.63, 3.8) is 0 Å². The molecule has 2 nitrogen and oxygen atoms in total. The molecule has 0 bridgehead atoms. The number of hydrogen-bond acceptors (Lipinski definition) is 2. The van der Waals surface area contributed by atoms with E-state index in [4.69, 9.17) is 0 Å². The van der Waals surface area contributed by atoms with Crippen molar-refractivity contribution in [3.8, 4) is 0 Å². The molecular formula is C20H34O2. The molecule has 0 spiro atoms. The van der Waals surface area contributed by atoms with Crippen molar-refractivity contribution in [2.24, 2.45) is 29.1 Å². The molecule has 2 fully saturated rings. The van der Waals surface area contributed by atoms with Gasteiger partial charge in [0.2, 0.25) is 0 Å². The summed E-state index contributed by atoms with van der Waals surface area (Å²) in [6.07, 6.45) is 10.2. The fourth-order valence-corrected chi connectivity index (χ4v) is 5.23. The second-order valence-electron chi connectivity index (χ2n) is 8.34. The molecule has 0 aromatic heterocycles. The second kappa shape index (κ2) is 7.27. The SMILES string of the molecule is CC(=O)C(C)CCCC[C@@H](C)C1CCC2C(=O)CCCC21C. The molecule has 0 heterocycles. The van der Waals surface area contributed by atoms with Gasteiger partial charge in [-0.1, -0.05) is 40.0 Å². The van der Waals surface area contributed by atoms with Gasteiger partial charge >= 0.3 is 0 Å². The van der Waals surface area contributed by atoms with Crippen molar-refractivity contribution in [2.75, 3.05) is 0 Å². The molecule has 22 heavy (non-hydrogen) atoms. The van der Waals surface area contributed by atoms with Crippen molar-refractivity contribution >= 4 is 11.6 Å². The van der Waals surface area contributed by atoms with E-state index in [9.17, 15) is 9.59 Å². The summed E-state index contributed by atoms with van der Waals surface area (Å²) in [5, 5.41) is 0. The number of unbranched alkanes of at least 4 members (excludes halogenated alkanes) is 1. The summed E-state index contributed by atoms with van der Waals surface area (Å²) >= 11 is 0. The van der Waals surface area contributed by atoms with Crippen LogP contribution in [-0.4, -0.2) is 11.6 Å². The van der Waals surface area contributed by atoms with Gasteiger partial charge < -0.3 is 0 Å². The quantitative estimate of drug-likeness (QED) is 0.606. The first-order valence-corrected chi connectivity index (χ1v) is 9.39. The molecule has 2 aliphatic carbocycles. The molecule has 0 aromatic carbocycles. The van der Waals surface area contributed by atoms with Gasteiger partial charge in [0.25, 0.3) is 0 Å². The Morgan fingerprint density at radius 1 is 1.23 bits per heavy atom. The van der Waals surface area contributed by atoms with Gasteiger partial charge in [0.15, 0.2) is 0 Å². The lowest BCUT2D eigenvalue weighted by atomic mass is 9.62. The molecule has 2 heteroatoms. The summed E-state index contributed by atoms with van der Waals surface area (Å²) in [4.78, 5) is 23.5. The molecule has 2 aliphatic rings. The molecule has 0 N–H and O–H groups in total. The van der Waals surface area contributed by atoms with Crippen LogP contribution in [0.4, 0.5) is 0 Å². The third-order valence-electron chi connectivity index (χ3n) is 6.86. The Morgan fingerprint density at radius 2 is 1.91 bits per heavy atom. The van der Waals surface area contributed by atoms with Crippen LogP contribution in [0.25, 0.3) is 0 Å². The summed E-state index contributed by atoms with van der Waals surface area (Å²) in [7, 11) is 0. The predicted molar refractivity (Wildman–Crippen MR) is 90.7 cm³/mol. The predicted octanol–water partition coefficient (Wildman–Crippen LogP) is 5.19. The molecule has 0 radical (unpaired) electrons. The topological polar surface area (TPSA) is 34.1 Å². The average molecular weight is 306 g/mol. The van der Waals surface area contributed by atoms with Crippen LogP contribution in [0.1, 0.15) is 85.5 Å². The smallest absolute Gasteiger partial charge is 0.136 e. The Hall–Kier alpha value is -0.660. The lowest BCUT2D eigenvalue weighted by Crippen LogP contribution is -2.39. The Bertz CT molecular complexity index is 414. The summed E-state index contributed by atoms with van der Waals surface area (Å²) in [5.41, 5.74) is 0.279. The minimum Gasteiger partial charge on any atom is -0.300 e. The first kappa shape index (κ1) is 17.7. The largest absolute Gasteiger partial charge is 0.300 e. The van der Waals surface area contributed by atoms with Gasteiger partial charge in [-0.05, 0) is 56.3 Å². The molecule has 0 aromatic rings. The van der Waals surface area contributed by atoms with E-state index in [1.165, 1.54) is 25.7 Å². The van der Waals surface area contributed by atoms with Crippen LogP contribution in [-0.2, 0) is 9.59 Å². The summed E-state index contributed by atoms with van der Waals surface area (Å²) in [5.74, 6) is 2.88. The van der Waals surface area contributed by atoms with Crippen molar-refractivity contribution in [2.45, 2.75) is 85.5 Å². The lowest BCUT2D eigenvalue weighted by molar-refractivity contribution is -0.130. The Morgan fingerprint density at radius 3 is 2.59 bits per heavy atom. The number of ketones is 2. The highest BCUT2D eigenvalue weighted by molar-refractivity contribution is 5.83. The van der Waals surface area contributed by atoms with Crippen LogP contribution < -0.4 is 0 Å². The van der Waals surface area contributed by atoms with Crippen LogP contribution in [0, 0.1) is 29.1 Å². The molecule has 0 aliphatic heterocycles. The van der Waals surface area contributed by atoms with Crippen LogP contribution in [0.2, 0.25) is 0 Å². The highest BCUT2D eigenvalue weighted by atomic mass is 16.1. The lowest BCUT2D eigenvalue weighted by Gasteiger charge is -2.42. The zero-order valence-corrected chi connectivity index (χ0v) is 15.0. The Kier molecular flexibility index (Phi) is 5.85. The number of carbonyl (C=O) groups is 2. The van der Waals surface area contributed by atoms with Gasteiger partial charge in [0.05, 0.1) is 0 Å². The van der Waals surface area contributed by atoms with Crippen molar-refractivity contribution in [1.29, 1.82) is 0 Å². The number of hydrogen-bond donors (Lipinski definition) is 0. The minimum atomic E-state index is 0.222. The second-order valence-corrected chi connectivity index (χ2v) is 8.34. The monoisotopic (exact) mass is 306 g/mol. The minimum absolute atomic E-state index is 0.222. The summed E-state index contributed by atoms with van der Waals surface area (Å²) in [6, 6.07) is 0. The molecule has 126 valence electrons. The first-order chi connectivity index (χ1) is 10.4. The molecular weight excluding hydrogens is 272 g/mol. The molecule has 0 saturated heterocycles. The maximum Gasteiger partial charge on any atom is 0.136 e. The van der Waals surface area contributed by atoms with E-state index >= 15 is 0 Å². The molecule has 5 atom stereocenters. The fraction of sp³-hybridized carbons (Fsp3) is 0.900. The van der Waals surface area contributed by atoms with Crippen molar-refractivity contribution in [3.05, 3.63) is 0 Å². The van der Waals surface area contributed by atoms with E-state index in [1.807, 2.05) is 6.92 Å². The third-order valence-corrected chi connectivity index (χ3v) is 6.86. The first-order valence-electron chi connectivity index (χ1n) is 9.39. The van der Waals surface area contributed by atoms with Gasteiger partial charge in [0.1, 0.15) is 11.6 Å². The highest BCUT2D eigenvalue weighted by Crippen LogP contribution is 2.57. The van der Waals surface area contributed by atoms with Crippen LogP contribution >= 0.6 is 0 Å². The van der Waals surface area contributed by atoms with E-state index in [1.54, 1.807) is 6.92 Å². The van der Waals surface area contributed by atoms with Crippen LogP contribution in [0.5, 0.6) is 0 Å². The van der Waals surface area contributed by atoms with Crippen molar-refractivity contribution < 1.29 is 9.59 Å². The number of Topliss-reactive ketones (excluding diaryl/α,β-unsaturated/α-hetero) is 2. The van der Waals surface area contributed by atoms with Crippen LogP contribution in [0.3, 0.4) is 0 Å². The maximum atomic E-state index is 12.2. The normalized spacial score (nSPS) is 34.3. The highest BCUT2D eigenvalue weighted by Gasteiger charge is 2.52. The Balaban J connectivity index is 1.81. The van der Waals surface area contributed by atoms with Crippen molar-refractivity contribution in [1.82, 2.24) is 0 Å². The number of rotatable bonds is 7. The van der Waals surface area contributed by atoms with E-state index in [0.29, 0.717) is 23.4 Å². The van der Waals surface area contributed by atoms with E-state index in [0.717, 1.165) is 38.0 Å². The summed E-state index contributed by atoms with van der Waals surface area (Å²) < 4.78 is 0. The molecule has 0 amide bonds. The molecule has 2 rings (SSSR count). The summed E-state index contributed by atoms with van der Waals surface area (Å²) in [6.45, 7) is 8.53. The van der Waals surface area contributed by atoms with Gasteiger partial charge in [-0.25, -0.2) is 0 Å². The fourth-order valence-electron chi connectivity index (χ4n) is 5.23. The van der Waals surface area contributed by atoms with E-state index in [-0.39, 0.29) is 11.3 Å². The van der Waals surface area contributed by atoms with Gasteiger partial charge in [-0.15, -0.1) is 0 Å². The molecule has 4 unspecified atom stereocenters. The van der Waals surface area contributed by atoms with Gasteiger partial charge in [-0.3, -0.25) is 9.59 Å².